The van der Waals surface area contributed by atoms with E-state index in [1.165, 1.54) is 17.4 Å². The van der Waals surface area contributed by atoms with Crippen molar-refractivity contribution in [2.45, 2.75) is 11.4 Å². The van der Waals surface area contributed by atoms with Gasteiger partial charge in [-0.3, -0.25) is 0 Å². The fraction of sp³-hybridized carbons (Fsp3) is 0.100. The van der Waals surface area contributed by atoms with Gasteiger partial charge in [0, 0.05) is 16.0 Å². The maximum absolute atomic E-state index is 12.0. The molecule has 0 bridgehead atoms. The molecule has 8 heteroatoms. The van der Waals surface area contributed by atoms with Gasteiger partial charge in [-0.15, -0.1) is 11.3 Å². The highest BCUT2D eigenvalue weighted by atomic mass is 79.9. The SMILES string of the molecule is Nc1cc(Br)ccc1S(=O)(=O)NCc1nccs1. The molecule has 0 atom stereocenters. The van der Waals surface area contributed by atoms with Crippen LogP contribution in [0.4, 0.5) is 5.69 Å². The zero-order chi connectivity index (χ0) is 13.2. The predicted molar refractivity (Wildman–Crippen MR) is 74.7 cm³/mol. The van der Waals surface area contributed by atoms with Crippen LogP contribution in [-0.4, -0.2) is 13.4 Å². The van der Waals surface area contributed by atoms with E-state index in [1.54, 1.807) is 23.7 Å². The Labute approximate surface area is 117 Å². The first kappa shape index (κ1) is 13.5. The molecule has 0 aliphatic carbocycles. The van der Waals surface area contributed by atoms with Gasteiger partial charge in [-0.2, -0.15) is 0 Å². The Morgan fingerprint density at radius 2 is 2.22 bits per heavy atom. The van der Waals surface area contributed by atoms with Crippen LogP contribution in [-0.2, 0) is 16.6 Å². The largest absolute Gasteiger partial charge is 0.398 e. The Kier molecular flexibility index (Phi) is 4.00. The van der Waals surface area contributed by atoms with Gasteiger partial charge in [0.15, 0.2) is 0 Å². The lowest BCUT2D eigenvalue weighted by molar-refractivity contribution is 0.581. The molecule has 0 fully saturated rings. The number of rotatable bonds is 4. The van der Waals surface area contributed by atoms with E-state index in [1.807, 2.05) is 0 Å². The molecular weight excluding hydrogens is 338 g/mol. The summed E-state index contributed by atoms with van der Waals surface area (Å²) in [7, 11) is -3.61. The van der Waals surface area contributed by atoms with Gasteiger partial charge in [-0.1, -0.05) is 15.9 Å². The number of thiazole rings is 1. The molecule has 0 saturated carbocycles. The Morgan fingerprint density at radius 3 is 2.83 bits per heavy atom. The minimum absolute atomic E-state index is 0.0715. The van der Waals surface area contributed by atoms with Crippen LogP contribution in [0.1, 0.15) is 5.01 Å². The number of nitrogens with one attached hydrogen (secondary N) is 1. The normalized spacial score (nSPS) is 11.6. The minimum atomic E-state index is -3.61. The molecule has 96 valence electrons. The second-order valence-corrected chi connectivity index (χ2v) is 7.06. The fourth-order valence-electron chi connectivity index (χ4n) is 1.34. The number of anilines is 1. The number of hydrogen-bond donors (Lipinski definition) is 2. The summed E-state index contributed by atoms with van der Waals surface area (Å²) in [4.78, 5) is 4.07. The number of benzene rings is 1. The van der Waals surface area contributed by atoms with E-state index in [4.69, 9.17) is 5.73 Å². The molecule has 2 aromatic rings. The zero-order valence-electron chi connectivity index (χ0n) is 9.13. The summed E-state index contributed by atoms with van der Waals surface area (Å²) in [5, 5.41) is 2.49. The molecule has 5 nitrogen and oxygen atoms in total. The summed E-state index contributed by atoms with van der Waals surface area (Å²) >= 11 is 4.62. The molecule has 0 saturated heterocycles. The summed E-state index contributed by atoms with van der Waals surface area (Å²) in [6, 6.07) is 4.65. The van der Waals surface area contributed by atoms with E-state index in [0.717, 1.165) is 4.47 Å². The van der Waals surface area contributed by atoms with Crippen LogP contribution in [0, 0.1) is 0 Å². The first-order valence-corrected chi connectivity index (χ1v) is 8.08. The van der Waals surface area contributed by atoms with Crippen LogP contribution in [0.15, 0.2) is 39.1 Å². The second kappa shape index (κ2) is 5.35. The van der Waals surface area contributed by atoms with Crippen molar-refractivity contribution in [3.05, 3.63) is 39.3 Å². The molecule has 0 aliphatic heterocycles. The summed E-state index contributed by atoms with van der Waals surface area (Å²) in [5.74, 6) is 0. The lowest BCUT2D eigenvalue weighted by Gasteiger charge is -2.08. The minimum Gasteiger partial charge on any atom is -0.398 e. The van der Waals surface area contributed by atoms with Gasteiger partial charge in [0.1, 0.15) is 9.90 Å². The molecule has 1 aromatic carbocycles. The van der Waals surface area contributed by atoms with E-state index in [0.29, 0.717) is 5.01 Å². The molecule has 0 spiro atoms. The van der Waals surface area contributed by atoms with Gasteiger partial charge in [0.2, 0.25) is 10.0 Å². The van der Waals surface area contributed by atoms with Crippen molar-refractivity contribution in [1.82, 2.24) is 9.71 Å². The standard InChI is InChI=1S/C10H10BrN3O2S2/c11-7-1-2-9(8(12)5-7)18(15,16)14-6-10-13-3-4-17-10/h1-5,14H,6,12H2. The number of nitrogens with zero attached hydrogens (tertiary/aromatic N) is 1. The van der Waals surface area contributed by atoms with Crippen LogP contribution < -0.4 is 10.5 Å². The first-order chi connectivity index (χ1) is 8.49. The van der Waals surface area contributed by atoms with E-state index in [-0.39, 0.29) is 17.1 Å². The van der Waals surface area contributed by atoms with Crippen LogP contribution in [0.5, 0.6) is 0 Å². The Bertz CT molecular complexity index is 641. The molecule has 0 radical (unpaired) electrons. The summed E-state index contributed by atoms with van der Waals surface area (Å²) in [5.41, 5.74) is 5.90. The third-order valence-electron chi connectivity index (χ3n) is 2.16. The van der Waals surface area contributed by atoms with Crippen molar-refractivity contribution < 1.29 is 8.42 Å². The molecule has 0 unspecified atom stereocenters. The topological polar surface area (TPSA) is 85.1 Å². The molecule has 0 amide bonds. The molecule has 1 heterocycles. The van der Waals surface area contributed by atoms with Gasteiger partial charge < -0.3 is 5.73 Å². The maximum atomic E-state index is 12.0. The zero-order valence-corrected chi connectivity index (χ0v) is 12.3. The molecular formula is C10H10BrN3O2S2. The van der Waals surface area contributed by atoms with Gasteiger partial charge in [0.25, 0.3) is 0 Å². The van der Waals surface area contributed by atoms with Crippen molar-refractivity contribution in [3.8, 4) is 0 Å². The molecule has 18 heavy (non-hydrogen) atoms. The van der Waals surface area contributed by atoms with Crippen molar-refractivity contribution in [3.63, 3.8) is 0 Å². The van der Waals surface area contributed by atoms with Crippen LogP contribution in [0.25, 0.3) is 0 Å². The number of nitrogen functional groups attached to an aromatic ring is 1. The van der Waals surface area contributed by atoms with Gasteiger partial charge in [0.05, 0.1) is 12.2 Å². The summed E-state index contributed by atoms with van der Waals surface area (Å²) < 4.78 is 27.3. The average molecular weight is 348 g/mol. The third kappa shape index (κ3) is 3.08. The van der Waals surface area contributed by atoms with Gasteiger partial charge in [-0.25, -0.2) is 18.1 Å². The smallest absolute Gasteiger partial charge is 0.242 e. The molecule has 3 N–H and O–H groups in total. The Hall–Kier alpha value is -0.960. The van der Waals surface area contributed by atoms with E-state index >= 15 is 0 Å². The average Bonchev–Trinajstić information content (AvgIpc) is 2.78. The maximum Gasteiger partial charge on any atom is 0.242 e. The quantitative estimate of drug-likeness (QED) is 0.828. The van der Waals surface area contributed by atoms with Crippen LogP contribution in [0.3, 0.4) is 0 Å². The van der Waals surface area contributed by atoms with Crippen molar-refractivity contribution in [1.29, 1.82) is 0 Å². The second-order valence-electron chi connectivity index (χ2n) is 3.43. The van der Waals surface area contributed by atoms with Crippen molar-refractivity contribution in [2.24, 2.45) is 0 Å². The third-order valence-corrected chi connectivity index (χ3v) is 4.91. The summed E-state index contributed by atoms with van der Waals surface area (Å²) in [6.45, 7) is 0.162. The number of sulfonamides is 1. The Morgan fingerprint density at radius 1 is 1.44 bits per heavy atom. The number of nitrogens with two attached hydrogens (primary N) is 1. The van der Waals surface area contributed by atoms with E-state index in [9.17, 15) is 8.42 Å². The number of hydrogen-bond acceptors (Lipinski definition) is 5. The number of aromatic nitrogens is 1. The van der Waals surface area contributed by atoms with Crippen LogP contribution in [0.2, 0.25) is 0 Å². The van der Waals surface area contributed by atoms with Crippen LogP contribution >= 0.6 is 27.3 Å². The predicted octanol–water partition coefficient (Wildman–Crippen LogP) is 1.97. The van der Waals surface area contributed by atoms with Gasteiger partial charge >= 0.3 is 0 Å². The lowest BCUT2D eigenvalue weighted by atomic mass is 10.3. The molecule has 2 rings (SSSR count). The van der Waals surface area contributed by atoms with E-state index < -0.39 is 10.0 Å². The van der Waals surface area contributed by atoms with E-state index in [2.05, 4.69) is 25.6 Å². The monoisotopic (exact) mass is 347 g/mol. The van der Waals surface area contributed by atoms with Crippen molar-refractivity contribution >= 4 is 43.0 Å². The first-order valence-electron chi connectivity index (χ1n) is 4.92. The van der Waals surface area contributed by atoms with Gasteiger partial charge in [-0.05, 0) is 18.2 Å². The Balaban J connectivity index is 2.20. The lowest BCUT2D eigenvalue weighted by Crippen LogP contribution is -2.24. The fourth-order valence-corrected chi connectivity index (χ4v) is 3.46. The molecule has 0 aliphatic rings. The summed E-state index contributed by atoms with van der Waals surface area (Å²) in [6.07, 6.45) is 1.63. The molecule has 1 aromatic heterocycles. The highest BCUT2D eigenvalue weighted by Gasteiger charge is 2.17. The van der Waals surface area contributed by atoms with Crippen molar-refractivity contribution in [2.75, 3.05) is 5.73 Å². The highest BCUT2D eigenvalue weighted by Crippen LogP contribution is 2.22. The highest BCUT2D eigenvalue weighted by molar-refractivity contribution is 9.10. The number of halogens is 1.